The maximum atomic E-state index is 3.38. The molecule has 0 aromatic carbocycles. The Kier molecular flexibility index (Phi) is 5.30. The van der Waals surface area contributed by atoms with Gasteiger partial charge in [-0.25, -0.2) is 0 Å². The van der Waals surface area contributed by atoms with E-state index in [9.17, 15) is 0 Å². The lowest BCUT2D eigenvalue weighted by molar-refractivity contribution is 0.0628. The van der Waals surface area contributed by atoms with Crippen LogP contribution in [0.4, 0.5) is 0 Å². The summed E-state index contributed by atoms with van der Waals surface area (Å²) in [7, 11) is 2.10. The number of rotatable bonds is 4. The highest BCUT2D eigenvalue weighted by atomic mass is 15.2. The van der Waals surface area contributed by atoms with Gasteiger partial charge in [-0.3, -0.25) is 4.90 Å². The predicted molar refractivity (Wildman–Crippen MR) is 74.3 cm³/mol. The summed E-state index contributed by atoms with van der Waals surface area (Å²) in [5, 5.41) is 3.38. The molecule has 1 N–H and O–H groups in total. The molecule has 1 atom stereocenters. The summed E-state index contributed by atoms with van der Waals surface area (Å²) < 4.78 is 0. The van der Waals surface area contributed by atoms with Crippen molar-refractivity contribution in [1.82, 2.24) is 10.2 Å². The highest BCUT2D eigenvalue weighted by Crippen LogP contribution is 2.32. The number of likely N-dealkylation sites (tertiary alicyclic amines) is 1. The molecule has 0 aromatic heterocycles. The first-order valence-corrected chi connectivity index (χ1v) is 7.75. The van der Waals surface area contributed by atoms with Crippen LogP contribution in [0, 0.1) is 5.92 Å². The van der Waals surface area contributed by atoms with E-state index in [2.05, 4.69) is 24.2 Å². The summed E-state index contributed by atoms with van der Waals surface area (Å²) in [6.07, 6.45) is 11.5. The molecule has 2 heteroatoms. The highest BCUT2D eigenvalue weighted by molar-refractivity contribution is 4.86. The quantitative estimate of drug-likeness (QED) is 0.810. The van der Waals surface area contributed by atoms with Crippen LogP contribution in [0.3, 0.4) is 0 Å². The summed E-state index contributed by atoms with van der Waals surface area (Å²) in [5.74, 6) is 1.03. The van der Waals surface area contributed by atoms with E-state index in [4.69, 9.17) is 0 Å². The van der Waals surface area contributed by atoms with Gasteiger partial charge in [0.05, 0.1) is 0 Å². The van der Waals surface area contributed by atoms with Crippen LogP contribution < -0.4 is 5.32 Å². The molecule has 0 spiro atoms. The Labute approximate surface area is 107 Å². The third-order valence-electron chi connectivity index (χ3n) is 4.98. The van der Waals surface area contributed by atoms with Crippen LogP contribution in [0.1, 0.15) is 58.3 Å². The van der Waals surface area contributed by atoms with Gasteiger partial charge >= 0.3 is 0 Å². The molecule has 0 amide bonds. The molecule has 100 valence electrons. The summed E-state index contributed by atoms with van der Waals surface area (Å²) in [6.45, 7) is 4.90. The van der Waals surface area contributed by atoms with E-state index in [1.54, 1.807) is 0 Å². The first-order valence-electron chi connectivity index (χ1n) is 7.75. The van der Waals surface area contributed by atoms with E-state index >= 15 is 0 Å². The fourth-order valence-electron chi connectivity index (χ4n) is 3.84. The summed E-state index contributed by atoms with van der Waals surface area (Å²) >= 11 is 0. The first-order chi connectivity index (χ1) is 8.35. The number of hydrogen-bond acceptors (Lipinski definition) is 2. The van der Waals surface area contributed by atoms with E-state index in [0.29, 0.717) is 0 Å². The number of piperidine rings is 1. The standard InChI is InChI=1S/C15H30N2/c1-3-13-7-9-14(10-8-13)17-11-5-4-6-15(17)12-16-2/h13-16H,3-12H2,1-2H3. The van der Waals surface area contributed by atoms with Gasteiger partial charge in [0.25, 0.3) is 0 Å². The Hall–Kier alpha value is -0.0800. The van der Waals surface area contributed by atoms with Gasteiger partial charge in [-0.05, 0) is 58.0 Å². The van der Waals surface area contributed by atoms with Crippen molar-refractivity contribution >= 4 is 0 Å². The van der Waals surface area contributed by atoms with Crippen LogP contribution in [0.25, 0.3) is 0 Å². The SMILES string of the molecule is CCC1CCC(N2CCCCC2CNC)CC1. The van der Waals surface area contributed by atoms with E-state index < -0.39 is 0 Å². The normalized spacial score (nSPS) is 36.0. The Morgan fingerprint density at radius 2 is 1.82 bits per heavy atom. The zero-order valence-corrected chi connectivity index (χ0v) is 11.8. The van der Waals surface area contributed by atoms with Gasteiger partial charge in [0, 0.05) is 18.6 Å². The Morgan fingerprint density at radius 1 is 1.06 bits per heavy atom. The van der Waals surface area contributed by atoms with Crippen molar-refractivity contribution in [3.8, 4) is 0 Å². The fourth-order valence-corrected chi connectivity index (χ4v) is 3.84. The molecule has 2 rings (SSSR count). The van der Waals surface area contributed by atoms with E-state index in [1.807, 2.05) is 0 Å². The molecule has 2 nitrogen and oxygen atoms in total. The molecule has 17 heavy (non-hydrogen) atoms. The van der Waals surface area contributed by atoms with Crippen LogP contribution in [0.5, 0.6) is 0 Å². The fraction of sp³-hybridized carbons (Fsp3) is 1.00. The summed E-state index contributed by atoms with van der Waals surface area (Å²) in [5.41, 5.74) is 0. The number of hydrogen-bond donors (Lipinski definition) is 1. The molecular formula is C15H30N2. The minimum absolute atomic E-state index is 0.817. The second kappa shape index (κ2) is 6.75. The van der Waals surface area contributed by atoms with Crippen molar-refractivity contribution in [2.24, 2.45) is 5.92 Å². The van der Waals surface area contributed by atoms with Crippen molar-refractivity contribution in [2.75, 3.05) is 20.1 Å². The van der Waals surface area contributed by atoms with Gasteiger partial charge in [-0.2, -0.15) is 0 Å². The monoisotopic (exact) mass is 238 g/mol. The van der Waals surface area contributed by atoms with Crippen LogP contribution in [-0.4, -0.2) is 37.1 Å². The molecule has 1 aliphatic carbocycles. The number of likely N-dealkylation sites (N-methyl/N-ethyl adjacent to an activating group) is 1. The lowest BCUT2D eigenvalue weighted by Gasteiger charge is -2.44. The number of nitrogens with zero attached hydrogens (tertiary/aromatic N) is 1. The number of nitrogens with one attached hydrogen (secondary N) is 1. The van der Waals surface area contributed by atoms with Gasteiger partial charge < -0.3 is 5.32 Å². The van der Waals surface area contributed by atoms with E-state index in [-0.39, 0.29) is 0 Å². The van der Waals surface area contributed by atoms with Crippen molar-refractivity contribution < 1.29 is 0 Å². The third kappa shape index (κ3) is 3.45. The molecule has 1 unspecified atom stereocenters. The average molecular weight is 238 g/mol. The molecule has 0 aromatic rings. The molecule has 0 radical (unpaired) electrons. The summed E-state index contributed by atoms with van der Waals surface area (Å²) in [6, 6.07) is 1.72. The molecule has 1 aliphatic heterocycles. The molecule has 1 saturated carbocycles. The van der Waals surface area contributed by atoms with Crippen molar-refractivity contribution in [1.29, 1.82) is 0 Å². The maximum Gasteiger partial charge on any atom is 0.0223 e. The summed E-state index contributed by atoms with van der Waals surface area (Å²) in [4.78, 5) is 2.84. The van der Waals surface area contributed by atoms with Gasteiger partial charge in [0.1, 0.15) is 0 Å². The highest BCUT2D eigenvalue weighted by Gasteiger charge is 2.30. The molecule has 2 fully saturated rings. The Morgan fingerprint density at radius 3 is 2.47 bits per heavy atom. The van der Waals surface area contributed by atoms with Gasteiger partial charge in [0.2, 0.25) is 0 Å². The Balaban J connectivity index is 1.86. The lowest BCUT2D eigenvalue weighted by Crippen LogP contribution is -2.51. The predicted octanol–water partition coefficient (Wildman–Crippen LogP) is 3.03. The maximum absolute atomic E-state index is 3.38. The van der Waals surface area contributed by atoms with Crippen molar-refractivity contribution in [3.05, 3.63) is 0 Å². The smallest absolute Gasteiger partial charge is 0.0223 e. The zero-order valence-electron chi connectivity index (χ0n) is 11.8. The van der Waals surface area contributed by atoms with Crippen molar-refractivity contribution in [2.45, 2.75) is 70.4 Å². The second-order valence-electron chi connectivity index (χ2n) is 6.03. The minimum atomic E-state index is 0.817. The van der Waals surface area contributed by atoms with Crippen LogP contribution >= 0.6 is 0 Å². The Bertz CT molecular complexity index is 207. The molecular weight excluding hydrogens is 208 g/mol. The molecule has 1 saturated heterocycles. The van der Waals surface area contributed by atoms with Gasteiger partial charge in [0.15, 0.2) is 0 Å². The van der Waals surface area contributed by atoms with Gasteiger partial charge in [-0.15, -0.1) is 0 Å². The molecule has 1 heterocycles. The van der Waals surface area contributed by atoms with E-state index in [1.165, 1.54) is 64.5 Å². The topological polar surface area (TPSA) is 15.3 Å². The molecule has 0 bridgehead atoms. The van der Waals surface area contributed by atoms with Crippen molar-refractivity contribution in [3.63, 3.8) is 0 Å². The largest absolute Gasteiger partial charge is 0.318 e. The molecule has 2 aliphatic rings. The first kappa shape index (κ1) is 13.4. The second-order valence-corrected chi connectivity index (χ2v) is 6.03. The lowest BCUT2D eigenvalue weighted by atomic mass is 9.82. The minimum Gasteiger partial charge on any atom is -0.318 e. The van der Waals surface area contributed by atoms with Crippen LogP contribution in [0.15, 0.2) is 0 Å². The van der Waals surface area contributed by atoms with E-state index in [0.717, 1.165) is 18.0 Å². The van der Waals surface area contributed by atoms with Gasteiger partial charge in [-0.1, -0.05) is 19.8 Å². The van der Waals surface area contributed by atoms with Crippen LogP contribution in [-0.2, 0) is 0 Å². The third-order valence-corrected chi connectivity index (χ3v) is 4.98. The van der Waals surface area contributed by atoms with Crippen LogP contribution in [0.2, 0.25) is 0 Å². The zero-order chi connectivity index (χ0) is 12.1. The average Bonchev–Trinajstić information content (AvgIpc) is 2.40.